The normalized spacial score (nSPS) is 11.2. The molecule has 36 heavy (non-hydrogen) atoms. The molecule has 3 aromatic heterocycles. The summed E-state index contributed by atoms with van der Waals surface area (Å²) in [5, 5.41) is 10.7. The van der Waals surface area contributed by atoms with Crippen molar-refractivity contribution in [3.05, 3.63) is 76.1 Å². The number of nitriles is 1. The average molecular weight is 502 g/mol. The van der Waals surface area contributed by atoms with Gasteiger partial charge >= 0.3 is 5.69 Å². The van der Waals surface area contributed by atoms with E-state index >= 15 is 0 Å². The first-order valence-corrected chi connectivity index (χ1v) is 11.9. The van der Waals surface area contributed by atoms with Crippen molar-refractivity contribution in [3.63, 3.8) is 0 Å². The summed E-state index contributed by atoms with van der Waals surface area (Å²) in [6.07, 6.45) is 4.59. The lowest BCUT2D eigenvalue weighted by Gasteiger charge is -2.12. The first-order valence-electron chi connectivity index (χ1n) is 11.5. The van der Waals surface area contributed by atoms with Gasteiger partial charge in [0.15, 0.2) is 11.5 Å². The van der Waals surface area contributed by atoms with E-state index in [9.17, 15) is 4.79 Å². The fourth-order valence-corrected chi connectivity index (χ4v) is 4.80. The largest absolute Gasteiger partial charge is 0.493 e. The summed E-state index contributed by atoms with van der Waals surface area (Å²) in [4.78, 5) is 20.6. The molecule has 0 atom stereocenters. The van der Waals surface area contributed by atoms with E-state index < -0.39 is 0 Å². The molecule has 0 saturated carbocycles. The Balaban J connectivity index is 1.60. The minimum absolute atomic E-state index is 0.230. The second-order valence-corrected chi connectivity index (χ2v) is 8.86. The third-order valence-electron chi connectivity index (χ3n) is 6.33. The van der Waals surface area contributed by atoms with Crippen LogP contribution in [-0.2, 0) is 13.1 Å². The molecule has 5 rings (SSSR count). The number of benzene rings is 2. The number of hydrogen-bond acceptors (Lipinski definition) is 5. The molecule has 0 aliphatic carbocycles. The number of aromatic nitrogens is 4. The molecule has 5 aromatic rings. The highest BCUT2D eigenvalue weighted by Crippen LogP contribution is 2.34. The van der Waals surface area contributed by atoms with Gasteiger partial charge in [0.25, 0.3) is 0 Å². The Kier molecular flexibility index (Phi) is 6.40. The molecular formula is C27H24ClN5O3. The van der Waals surface area contributed by atoms with Gasteiger partial charge in [-0.2, -0.15) is 5.26 Å². The van der Waals surface area contributed by atoms with E-state index in [4.69, 9.17) is 26.3 Å². The molecule has 182 valence electrons. The highest BCUT2D eigenvalue weighted by Gasteiger charge is 2.17. The molecule has 3 heterocycles. The number of pyridine rings is 1. The third-order valence-corrected chi connectivity index (χ3v) is 6.56. The van der Waals surface area contributed by atoms with Crippen molar-refractivity contribution >= 4 is 33.5 Å². The van der Waals surface area contributed by atoms with Crippen LogP contribution in [-0.4, -0.2) is 33.3 Å². The molecule has 0 aliphatic rings. The van der Waals surface area contributed by atoms with Crippen molar-refractivity contribution in [1.29, 1.82) is 5.26 Å². The molecule has 0 amide bonds. The zero-order valence-corrected chi connectivity index (χ0v) is 20.7. The number of halogens is 1. The monoisotopic (exact) mass is 501 g/mol. The van der Waals surface area contributed by atoms with Crippen LogP contribution in [0.3, 0.4) is 0 Å². The van der Waals surface area contributed by atoms with E-state index in [1.807, 2.05) is 42.5 Å². The predicted octanol–water partition coefficient (Wildman–Crippen LogP) is 5.37. The lowest BCUT2D eigenvalue weighted by Crippen LogP contribution is -2.19. The predicted molar refractivity (Wildman–Crippen MR) is 140 cm³/mol. The van der Waals surface area contributed by atoms with Gasteiger partial charge in [-0.3, -0.25) is 9.55 Å². The summed E-state index contributed by atoms with van der Waals surface area (Å²) in [5.74, 6) is 1.21. The average Bonchev–Trinajstić information content (AvgIpc) is 3.39. The van der Waals surface area contributed by atoms with Gasteiger partial charge in [-0.05, 0) is 48.4 Å². The molecule has 0 aliphatic heterocycles. The zero-order valence-electron chi connectivity index (χ0n) is 19.9. The van der Waals surface area contributed by atoms with Crippen LogP contribution in [0.4, 0.5) is 0 Å². The van der Waals surface area contributed by atoms with Crippen molar-refractivity contribution in [3.8, 4) is 28.7 Å². The van der Waals surface area contributed by atoms with E-state index in [1.165, 1.54) is 0 Å². The number of nitrogens with one attached hydrogen (secondary N) is 1. The Morgan fingerprint density at radius 3 is 2.64 bits per heavy atom. The van der Waals surface area contributed by atoms with Crippen LogP contribution in [0, 0.1) is 11.3 Å². The lowest BCUT2D eigenvalue weighted by molar-refractivity contribution is 0.355. The summed E-state index contributed by atoms with van der Waals surface area (Å²) < 4.78 is 14.6. The van der Waals surface area contributed by atoms with Crippen molar-refractivity contribution in [2.24, 2.45) is 0 Å². The summed E-state index contributed by atoms with van der Waals surface area (Å²) >= 11 is 6.23. The highest BCUT2D eigenvalue weighted by atomic mass is 35.5. The minimum atomic E-state index is -0.230. The first kappa shape index (κ1) is 23.5. The van der Waals surface area contributed by atoms with Crippen molar-refractivity contribution in [1.82, 2.24) is 19.1 Å². The van der Waals surface area contributed by atoms with E-state index in [0.29, 0.717) is 53.5 Å². The molecule has 0 bridgehead atoms. The summed E-state index contributed by atoms with van der Waals surface area (Å²) in [6.45, 7) is 1.01. The van der Waals surface area contributed by atoms with Gasteiger partial charge in [0.2, 0.25) is 0 Å². The number of aromatic amines is 1. The second kappa shape index (κ2) is 9.80. The van der Waals surface area contributed by atoms with Crippen LogP contribution < -0.4 is 15.2 Å². The van der Waals surface area contributed by atoms with Gasteiger partial charge in [-0.25, -0.2) is 4.79 Å². The maximum atomic E-state index is 13.2. The topological polar surface area (TPSA) is 97.9 Å². The van der Waals surface area contributed by atoms with E-state index in [0.717, 1.165) is 27.7 Å². The molecule has 9 heteroatoms. The van der Waals surface area contributed by atoms with E-state index in [1.54, 1.807) is 31.2 Å². The Bertz CT molecular complexity index is 1680. The molecule has 0 radical (unpaired) electrons. The maximum absolute atomic E-state index is 13.2. The number of aryl methyl sites for hydroxylation is 1. The number of rotatable bonds is 8. The van der Waals surface area contributed by atoms with Crippen LogP contribution in [0.25, 0.3) is 33.1 Å². The van der Waals surface area contributed by atoms with Crippen molar-refractivity contribution in [2.75, 3.05) is 14.2 Å². The molecule has 1 N–H and O–H groups in total. The van der Waals surface area contributed by atoms with Crippen LogP contribution in [0.15, 0.2) is 59.7 Å². The van der Waals surface area contributed by atoms with Gasteiger partial charge in [-0.15, -0.1) is 0 Å². The Morgan fingerprint density at radius 2 is 1.86 bits per heavy atom. The van der Waals surface area contributed by atoms with Crippen LogP contribution in [0.2, 0.25) is 5.02 Å². The van der Waals surface area contributed by atoms with Gasteiger partial charge in [-0.1, -0.05) is 17.7 Å². The van der Waals surface area contributed by atoms with Crippen LogP contribution >= 0.6 is 11.6 Å². The van der Waals surface area contributed by atoms with Crippen LogP contribution in [0.1, 0.15) is 18.5 Å². The minimum Gasteiger partial charge on any atom is -0.493 e. The van der Waals surface area contributed by atoms with Gasteiger partial charge < -0.3 is 19.0 Å². The number of ether oxygens (including phenoxy) is 2. The molecule has 2 aromatic carbocycles. The molecular weight excluding hydrogens is 478 g/mol. The van der Waals surface area contributed by atoms with E-state index in [2.05, 4.69) is 20.6 Å². The number of methoxy groups -OCH3 is 2. The lowest BCUT2D eigenvalue weighted by atomic mass is 10.1. The summed E-state index contributed by atoms with van der Waals surface area (Å²) in [6, 6.07) is 15.6. The van der Waals surface area contributed by atoms with Crippen molar-refractivity contribution < 1.29 is 9.47 Å². The molecule has 8 nitrogen and oxygen atoms in total. The molecule has 0 unspecified atom stereocenters. The number of imidazole rings is 1. The smallest absolute Gasteiger partial charge is 0.326 e. The van der Waals surface area contributed by atoms with Gasteiger partial charge in [0.1, 0.15) is 0 Å². The zero-order chi connectivity index (χ0) is 25.2. The number of H-pyrrole nitrogens is 1. The third kappa shape index (κ3) is 4.18. The first-order chi connectivity index (χ1) is 17.5. The SMILES string of the molecule is COc1ccc(-c2cncc3c2[nH]c(=O)n3Cc2cc3cc(Cl)ccc3n2CCCC#N)cc1OC. The standard InChI is InChI=1S/C27H24ClN5O3/c1-35-24-8-5-17(13-25(24)36-2)21-14-30-15-23-26(21)31-27(34)33(23)16-20-12-18-11-19(28)6-7-22(18)32(20)10-4-3-9-29/h5-8,11-15H,3-4,10,16H2,1-2H3,(H,31,34). The Morgan fingerprint density at radius 1 is 1.03 bits per heavy atom. The fraction of sp³-hybridized carbons (Fsp3) is 0.222. The molecule has 0 fully saturated rings. The quantitative estimate of drug-likeness (QED) is 0.288. The Hall–Kier alpha value is -4.22. The summed E-state index contributed by atoms with van der Waals surface area (Å²) in [7, 11) is 3.17. The number of hydrogen-bond donors (Lipinski definition) is 1. The van der Waals surface area contributed by atoms with Gasteiger partial charge in [0.05, 0.1) is 44.1 Å². The number of unbranched alkanes of at least 4 members (excludes halogenated alkanes) is 1. The van der Waals surface area contributed by atoms with Crippen LogP contribution in [0.5, 0.6) is 11.5 Å². The fourth-order valence-electron chi connectivity index (χ4n) is 4.62. The Labute approximate surface area is 212 Å². The number of fused-ring (bicyclic) bond motifs is 2. The van der Waals surface area contributed by atoms with E-state index in [-0.39, 0.29) is 5.69 Å². The summed E-state index contributed by atoms with van der Waals surface area (Å²) in [5.41, 5.74) is 4.75. The highest BCUT2D eigenvalue weighted by molar-refractivity contribution is 6.31. The number of nitrogens with zero attached hydrogens (tertiary/aromatic N) is 4. The van der Waals surface area contributed by atoms with Crippen molar-refractivity contribution in [2.45, 2.75) is 25.9 Å². The second-order valence-electron chi connectivity index (χ2n) is 8.42. The van der Waals surface area contributed by atoms with Gasteiger partial charge in [0, 0.05) is 46.3 Å². The maximum Gasteiger partial charge on any atom is 0.326 e. The molecule has 0 saturated heterocycles. The molecule has 0 spiro atoms.